The molecule has 0 amide bonds. The molecule has 0 spiro atoms. The predicted molar refractivity (Wildman–Crippen MR) is 91.0 cm³/mol. The second kappa shape index (κ2) is 9.31. The molecular weight excluding hydrogens is 306 g/mol. The minimum absolute atomic E-state index is 0.202. The minimum Gasteiger partial charge on any atom is -0.385 e. The maximum atomic E-state index is 11.9. The van der Waals surface area contributed by atoms with Gasteiger partial charge in [-0.15, -0.1) is 11.6 Å². The van der Waals surface area contributed by atoms with E-state index in [4.69, 9.17) is 11.6 Å². The van der Waals surface area contributed by atoms with Crippen LogP contribution in [0.25, 0.3) is 0 Å². The van der Waals surface area contributed by atoms with Crippen molar-refractivity contribution >= 4 is 27.1 Å². The number of benzene rings is 1. The smallest absolute Gasteiger partial charge is 0.178 e. The Hall–Kier alpha value is -0.740. The number of hydrogen-bond acceptors (Lipinski definition) is 3. The lowest BCUT2D eigenvalue weighted by Gasteiger charge is -2.16. The molecule has 21 heavy (non-hydrogen) atoms. The number of halogens is 1. The zero-order valence-electron chi connectivity index (χ0n) is 12.9. The van der Waals surface area contributed by atoms with Crippen LogP contribution in [0, 0.1) is 5.92 Å². The molecule has 3 nitrogen and oxygen atoms in total. The first-order chi connectivity index (χ1) is 10.0. The van der Waals surface area contributed by atoms with Gasteiger partial charge in [0, 0.05) is 18.1 Å². The molecule has 1 rings (SSSR count). The molecule has 0 aromatic heterocycles. The molecule has 0 aliphatic heterocycles. The van der Waals surface area contributed by atoms with Gasteiger partial charge in [0.15, 0.2) is 9.84 Å². The van der Waals surface area contributed by atoms with E-state index in [-0.39, 0.29) is 5.75 Å². The Balaban J connectivity index is 2.62. The van der Waals surface area contributed by atoms with Gasteiger partial charge < -0.3 is 5.32 Å². The van der Waals surface area contributed by atoms with Crippen molar-refractivity contribution in [2.45, 2.75) is 44.4 Å². The molecular formula is C16H26ClNO2S. The second-order valence-corrected chi connectivity index (χ2v) is 7.84. The van der Waals surface area contributed by atoms with E-state index < -0.39 is 9.84 Å². The first-order valence-corrected chi connectivity index (χ1v) is 9.84. The van der Waals surface area contributed by atoms with Crippen LogP contribution in [0.1, 0.15) is 39.5 Å². The maximum absolute atomic E-state index is 11.9. The first kappa shape index (κ1) is 18.3. The van der Waals surface area contributed by atoms with Crippen LogP contribution >= 0.6 is 11.6 Å². The monoisotopic (exact) mass is 331 g/mol. The summed E-state index contributed by atoms with van der Waals surface area (Å²) in [4.78, 5) is 0.403. The summed E-state index contributed by atoms with van der Waals surface area (Å²) in [6.07, 6.45) is 3.95. The van der Waals surface area contributed by atoms with E-state index in [0.29, 0.717) is 23.1 Å². The summed E-state index contributed by atoms with van der Waals surface area (Å²) in [6.45, 7) is 4.93. The molecule has 5 heteroatoms. The van der Waals surface area contributed by atoms with Crippen molar-refractivity contribution in [3.05, 3.63) is 24.3 Å². The molecule has 1 aromatic rings. The van der Waals surface area contributed by atoms with Crippen molar-refractivity contribution in [3.63, 3.8) is 0 Å². The van der Waals surface area contributed by atoms with Crippen molar-refractivity contribution in [2.24, 2.45) is 5.92 Å². The minimum atomic E-state index is -3.12. The highest BCUT2D eigenvalue weighted by molar-refractivity contribution is 7.91. The molecule has 1 aromatic carbocycles. The van der Waals surface area contributed by atoms with Gasteiger partial charge >= 0.3 is 0 Å². The van der Waals surface area contributed by atoms with Gasteiger partial charge in [-0.1, -0.05) is 20.3 Å². The molecule has 0 aliphatic rings. The van der Waals surface area contributed by atoms with Gasteiger partial charge in [0.1, 0.15) is 0 Å². The van der Waals surface area contributed by atoms with E-state index >= 15 is 0 Å². The summed E-state index contributed by atoms with van der Waals surface area (Å²) in [5, 5.41) is 3.37. The van der Waals surface area contributed by atoms with Crippen molar-refractivity contribution < 1.29 is 8.42 Å². The fourth-order valence-corrected chi connectivity index (χ4v) is 3.97. The average Bonchev–Trinajstić information content (AvgIpc) is 2.46. The molecule has 0 aliphatic carbocycles. The summed E-state index contributed by atoms with van der Waals surface area (Å²) in [5.41, 5.74) is 0.959. The lowest BCUT2D eigenvalue weighted by atomic mass is 10.0. The van der Waals surface area contributed by atoms with E-state index in [1.54, 1.807) is 12.1 Å². The summed E-state index contributed by atoms with van der Waals surface area (Å²) in [7, 11) is -3.12. The third kappa shape index (κ3) is 6.27. The molecule has 0 heterocycles. The number of sulfone groups is 1. The van der Waals surface area contributed by atoms with Gasteiger partial charge in [0.05, 0.1) is 10.6 Å². The molecule has 1 atom stereocenters. The average molecular weight is 332 g/mol. The number of alkyl halides is 1. The Morgan fingerprint density at radius 1 is 1.10 bits per heavy atom. The lowest BCUT2D eigenvalue weighted by Crippen LogP contribution is -2.15. The number of rotatable bonds is 10. The predicted octanol–water partition coefficient (Wildman–Crippen LogP) is 4.33. The standard InChI is InChI=1S/C16H26ClNO2S/c1-3-5-14(10-11-17)13-18-15-6-8-16(9-7-15)21(19,20)12-4-2/h6-9,14,18H,3-5,10-13H2,1-2H3. The van der Waals surface area contributed by atoms with Gasteiger partial charge in [-0.25, -0.2) is 8.42 Å². The molecule has 0 saturated carbocycles. The summed E-state index contributed by atoms with van der Waals surface area (Å²) < 4.78 is 23.9. The molecule has 1 N–H and O–H groups in total. The van der Waals surface area contributed by atoms with Gasteiger partial charge in [-0.05, 0) is 49.4 Å². The first-order valence-electron chi connectivity index (χ1n) is 7.66. The fourth-order valence-electron chi connectivity index (χ4n) is 2.34. The summed E-state index contributed by atoms with van der Waals surface area (Å²) in [6, 6.07) is 7.05. The normalized spacial score (nSPS) is 13.1. The highest BCUT2D eigenvalue weighted by Gasteiger charge is 2.13. The SMILES string of the molecule is CCCC(CCCl)CNc1ccc(S(=O)(=O)CCC)cc1. The fraction of sp³-hybridized carbons (Fsp3) is 0.625. The molecule has 0 bridgehead atoms. The van der Waals surface area contributed by atoms with Crippen LogP contribution in [0.15, 0.2) is 29.2 Å². The van der Waals surface area contributed by atoms with Crippen LogP contribution in [-0.4, -0.2) is 26.6 Å². The van der Waals surface area contributed by atoms with Crippen molar-refractivity contribution in [1.29, 1.82) is 0 Å². The topological polar surface area (TPSA) is 46.2 Å². The maximum Gasteiger partial charge on any atom is 0.178 e. The molecule has 1 unspecified atom stereocenters. The van der Waals surface area contributed by atoms with Crippen molar-refractivity contribution in [3.8, 4) is 0 Å². The van der Waals surface area contributed by atoms with E-state index in [0.717, 1.165) is 31.5 Å². The third-order valence-electron chi connectivity index (χ3n) is 3.50. The molecule has 120 valence electrons. The second-order valence-electron chi connectivity index (χ2n) is 5.36. The van der Waals surface area contributed by atoms with Crippen LogP contribution in [0.3, 0.4) is 0 Å². The Labute approximate surface area is 134 Å². The number of hydrogen-bond donors (Lipinski definition) is 1. The molecule has 0 fully saturated rings. The largest absolute Gasteiger partial charge is 0.385 e. The van der Waals surface area contributed by atoms with Gasteiger partial charge in [-0.2, -0.15) is 0 Å². The van der Waals surface area contributed by atoms with Crippen LogP contribution < -0.4 is 5.32 Å². The number of nitrogens with one attached hydrogen (secondary N) is 1. The Bertz CT molecular complexity index is 494. The molecule has 0 radical (unpaired) electrons. The molecule has 0 saturated heterocycles. The lowest BCUT2D eigenvalue weighted by molar-refractivity contribution is 0.490. The van der Waals surface area contributed by atoms with E-state index in [1.807, 2.05) is 19.1 Å². The quantitative estimate of drug-likeness (QED) is 0.649. The van der Waals surface area contributed by atoms with Crippen molar-refractivity contribution in [1.82, 2.24) is 0 Å². The Morgan fingerprint density at radius 3 is 2.29 bits per heavy atom. The van der Waals surface area contributed by atoms with E-state index in [1.165, 1.54) is 0 Å². The highest BCUT2D eigenvalue weighted by Crippen LogP contribution is 2.18. The number of anilines is 1. The van der Waals surface area contributed by atoms with Gasteiger partial charge in [0.25, 0.3) is 0 Å². The zero-order valence-corrected chi connectivity index (χ0v) is 14.5. The van der Waals surface area contributed by atoms with Crippen LogP contribution in [0.2, 0.25) is 0 Å². The zero-order chi connectivity index (χ0) is 15.7. The summed E-state index contributed by atoms with van der Waals surface area (Å²) >= 11 is 5.82. The van der Waals surface area contributed by atoms with Gasteiger partial charge in [0.2, 0.25) is 0 Å². The van der Waals surface area contributed by atoms with Crippen LogP contribution in [-0.2, 0) is 9.84 Å². The Morgan fingerprint density at radius 2 is 1.76 bits per heavy atom. The van der Waals surface area contributed by atoms with Crippen molar-refractivity contribution in [2.75, 3.05) is 23.5 Å². The van der Waals surface area contributed by atoms with E-state index in [2.05, 4.69) is 12.2 Å². The van der Waals surface area contributed by atoms with Crippen LogP contribution in [0.5, 0.6) is 0 Å². The Kier molecular flexibility index (Phi) is 8.12. The van der Waals surface area contributed by atoms with Gasteiger partial charge in [-0.3, -0.25) is 0 Å². The highest BCUT2D eigenvalue weighted by atomic mass is 35.5. The third-order valence-corrected chi connectivity index (χ3v) is 5.65. The van der Waals surface area contributed by atoms with E-state index in [9.17, 15) is 8.42 Å². The van der Waals surface area contributed by atoms with Crippen LogP contribution in [0.4, 0.5) is 5.69 Å². The summed E-state index contributed by atoms with van der Waals surface area (Å²) in [5.74, 6) is 1.45.